The molecule has 0 N–H and O–H groups in total. The van der Waals surface area contributed by atoms with Crippen LogP contribution in [0.25, 0.3) is 21.8 Å². The molecule has 2 radical (unpaired) electrons. The van der Waals surface area contributed by atoms with E-state index < -0.39 is 25.1 Å². The maximum absolute atomic E-state index is 6.04. The van der Waals surface area contributed by atoms with E-state index in [0.29, 0.717) is 0 Å². The molecule has 4 nitrogen and oxygen atoms in total. The van der Waals surface area contributed by atoms with Gasteiger partial charge in [0.1, 0.15) is 0 Å². The van der Waals surface area contributed by atoms with Gasteiger partial charge in [0.15, 0.2) is 0 Å². The number of pyridine rings is 2. The molecule has 0 amide bonds. The summed E-state index contributed by atoms with van der Waals surface area (Å²) in [6.45, 7) is 3.97. The number of fused-ring (bicyclic) bond motifs is 2. The molecule has 2 aromatic carbocycles. The number of rotatable bonds is 4. The molecule has 0 spiro atoms. The van der Waals surface area contributed by atoms with Crippen molar-refractivity contribution in [3.63, 3.8) is 0 Å². The van der Waals surface area contributed by atoms with Crippen molar-refractivity contribution in [2.45, 2.75) is 13.8 Å². The van der Waals surface area contributed by atoms with Gasteiger partial charge in [0.2, 0.25) is 0 Å². The Balaban J connectivity index is 1.57. The summed E-state index contributed by atoms with van der Waals surface area (Å²) in [6.07, 6.45) is 0. The van der Waals surface area contributed by atoms with Gasteiger partial charge in [-0.05, 0) is 0 Å². The number of nitrogens with zero attached hydrogens (tertiary/aromatic N) is 2. The van der Waals surface area contributed by atoms with Crippen molar-refractivity contribution in [3.8, 4) is 11.5 Å². The van der Waals surface area contributed by atoms with Gasteiger partial charge >= 0.3 is 160 Å². The van der Waals surface area contributed by atoms with Crippen LogP contribution in [-0.2, 0) is 0 Å². The summed E-state index contributed by atoms with van der Waals surface area (Å²) in [5, 5.41) is 2.16. The van der Waals surface area contributed by atoms with Crippen LogP contribution < -0.4 is 5.37 Å². The van der Waals surface area contributed by atoms with Gasteiger partial charge in [-0.15, -0.1) is 0 Å². The minimum atomic E-state index is -1.81. The monoisotopic (exact) mass is 524 g/mol. The van der Waals surface area contributed by atoms with Gasteiger partial charge in [-0.3, -0.25) is 0 Å². The fourth-order valence-electron chi connectivity index (χ4n) is 2.71. The average Bonchev–Trinajstić information content (AvgIpc) is 2.62. The molecule has 0 bridgehead atoms. The Bertz CT molecular complexity index is 981. The number of aryl methyl sites for hydroxylation is 2. The zero-order valence-corrected chi connectivity index (χ0v) is 17.9. The average molecular weight is 524 g/mol. The van der Waals surface area contributed by atoms with Crippen LogP contribution in [0.5, 0.6) is 11.5 Å². The molecule has 0 atom stereocenters. The van der Waals surface area contributed by atoms with Crippen LogP contribution in [0, 0.1) is 13.8 Å². The first kappa shape index (κ1) is 16.3. The van der Waals surface area contributed by atoms with E-state index in [9.17, 15) is 0 Å². The molecular formula is C20H16N2O2Pb. The first-order chi connectivity index (χ1) is 12.2. The second-order valence-electron chi connectivity index (χ2n) is 5.85. The molecule has 0 unspecified atom stereocenters. The van der Waals surface area contributed by atoms with Crippen LogP contribution >= 0.6 is 0 Å². The number of benzene rings is 2. The third-order valence-corrected chi connectivity index (χ3v) is 6.31. The normalized spacial score (nSPS) is 11.0. The van der Waals surface area contributed by atoms with Crippen LogP contribution in [0.3, 0.4) is 0 Å². The van der Waals surface area contributed by atoms with Crippen LogP contribution in [0.2, 0.25) is 0 Å². The molecule has 0 saturated carbocycles. The zero-order valence-electron chi connectivity index (χ0n) is 14.0. The van der Waals surface area contributed by atoms with Gasteiger partial charge in [-0.1, -0.05) is 0 Å². The van der Waals surface area contributed by atoms with Crippen LogP contribution in [-0.4, -0.2) is 35.1 Å². The van der Waals surface area contributed by atoms with Gasteiger partial charge in [0, 0.05) is 0 Å². The predicted octanol–water partition coefficient (Wildman–Crippen LogP) is 4.39. The molecule has 122 valence electrons. The first-order valence-corrected chi connectivity index (χ1v) is 11.2. The third kappa shape index (κ3) is 3.44. The Hall–Kier alpha value is -2.22. The molecule has 4 aromatic rings. The van der Waals surface area contributed by atoms with Crippen molar-refractivity contribution in [2.24, 2.45) is 0 Å². The summed E-state index contributed by atoms with van der Waals surface area (Å²) in [7, 11) is 0. The third-order valence-electron chi connectivity index (χ3n) is 3.95. The summed E-state index contributed by atoms with van der Waals surface area (Å²) < 4.78 is 12.1. The molecule has 4 rings (SSSR count). The first-order valence-electron chi connectivity index (χ1n) is 8.02. The molecule has 0 fully saturated rings. The Morgan fingerprint density at radius 1 is 0.640 bits per heavy atom. The summed E-state index contributed by atoms with van der Waals surface area (Å²) in [5.41, 5.74) is 3.74. The Morgan fingerprint density at radius 2 is 1.12 bits per heavy atom. The maximum atomic E-state index is 6.04. The van der Waals surface area contributed by atoms with Crippen LogP contribution in [0.1, 0.15) is 11.4 Å². The quantitative estimate of drug-likeness (QED) is 0.372. The molecule has 5 heteroatoms. The molecule has 0 saturated heterocycles. The van der Waals surface area contributed by atoms with E-state index in [1.54, 1.807) is 0 Å². The topological polar surface area (TPSA) is 44.2 Å². The van der Waals surface area contributed by atoms with E-state index in [1.165, 1.54) is 0 Å². The van der Waals surface area contributed by atoms with Crippen molar-refractivity contribution < 1.29 is 5.37 Å². The Morgan fingerprint density at radius 3 is 1.60 bits per heavy atom. The number of para-hydroxylation sites is 2. The second kappa shape index (κ2) is 6.95. The van der Waals surface area contributed by atoms with Crippen LogP contribution in [0.4, 0.5) is 0 Å². The van der Waals surface area contributed by atoms with Gasteiger partial charge in [0.05, 0.1) is 0 Å². The molecule has 2 aromatic heterocycles. The van der Waals surface area contributed by atoms with E-state index in [4.69, 9.17) is 5.37 Å². The van der Waals surface area contributed by atoms with E-state index in [0.717, 1.165) is 44.7 Å². The Labute approximate surface area is 159 Å². The van der Waals surface area contributed by atoms with Crippen molar-refractivity contribution in [1.29, 1.82) is 0 Å². The van der Waals surface area contributed by atoms with Crippen LogP contribution in [0.15, 0.2) is 60.7 Å². The fraction of sp³-hybridized carbons (Fsp3) is 0.100. The van der Waals surface area contributed by atoms with Gasteiger partial charge in [0.25, 0.3) is 0 Å². The predicted molar refractivity (Wildman–Crippen MR) is 100.0 cm³/mol. The molecule has 2 heterocycles. The second-order valence-corrected chi connectivity index (χ2v) is 8.08. The van der Waals surface area contributed by atoms with Gasteiger partial charge in [-0.2, -0.15) is 0 Å². The molecule has 0 aliphatic heterocycles. The van der Waals surface area contributed by atoms with E-state index in [-0.39, 0.29) is 0 Å². The molecule has 0 aliphatic rings. The Kier molecular flexibility index (Phi) is 4.52. The van der Waals surface area contributed by atoms with E-state index >= 15 is 0 Å². The molecule has 25 heavy (non-hydrogen) atoms. The SMILES string of the molecule is Cc1ccc2cccc([O][Pb][O]c3cccc4ccc(C)nc34)c2n1. The summed E-state index contributed by atoms with van der Waals surface area (Å²) in [4.78, 5) is 9.20. The summed E-state index contributed by atoms with van der Waals surface area (Å²) in [6, 6.07) is 20.1. The fourth-order valence-corrected chi connectivity index (χ4v) is 4.85. The number of aromatic nitrogens is 2. The molecular weight excluding hydrogens is 507 g/mol. The van der Waals surface area contributed by atoms with Gasteiger partial charge in [-0.25, -0.2) is 0 Å². The zero-order chi connectivity index (χ0) is 17.2. The van der Waals surface area contributed by atoms with Crippen molar-refractivity contribution in [2.75, 3.05) is 0 Å². The van der Waals surface area contributed by atoms with E-state index in [2.05, 4.69) is 22.1 Å². The summed E-state index contributed by atoms with van der Waals surface area (Å²) >= 11 is -1.81. The number of hydrogen-bond acceptors (Lipinski definition) is 4. The van der Waals surface area contributed by atoms with Crippen molar-refractivity contribution in [3.05, 3.63) is 72.1 Å². The number of hydrogen-bond donors (Lipinski definition) is 0. The molecule has 0 aliphatic carbocycles. The minimum absolute atomic E-state index is 0.800. The van der Waals surface area contributed by atoms with E-state index in [1.807, 2.05) is 62.4 Å². The van der Waals surface area contributed by atoms with Crippen molar-refractivity contribution >= 4 is 46.9 Å². The standard InChI is InChI=1S/2C10H9NO.Pb/c2*1-7-5-6-8-3-2-4-9(12)10(8)11-7;/h2*2-6,12H,1H3;/q;;+2/p-2. The van der Waals surface area contributed by atoms with Crippen molar-refractivity contribution in [1.82, 2.24) is 9.97 Å². The van der Waals surface area contributed by atoms with Gasteiger partial charge < -0.3 is 0 Å². The summed E-state index contributed by atoms with van der Waals surface area (Å²) in [5.74, 6) is 1.60.